The van der Waals surface area contributed by atoms with Crippen molar-refractivity contribution in [2.24, 2.45) is 0 Å². The highest BCUT2D eigenvalue weighted by molar-refractivity contribution is 5.61. The minimum absolute atomic E-state index is 0.275. The number of benzene rings is 1. The fourth-order valence-corrected chi connectivity index (χ4v) is 1.61. The summed E-state index contributed by atoms with van der Waals surface area (Å²) < 4.78 is 13.2. The Labute approximate surface area is 105 Å². The first-order valence-corrected chi connectivity index (χ1v) is 5.65. The van der Waals surface area contributed by atoms with Crippen LogP contribution in [0.25, 0.3) is 0 Å². The molecule has 2 rings (SSSR count). The summed E-state index contributed by atoms with van der Waals surface area (Å²) in [5.74, 6) is 0.898. The normalized spacial score (nSPS) is 10.2. The van der Waals surface area contributed by atoms with Gasteiger partial charge >= 0.3 is 0 Å². The highest BCUT2D eigenvalue weighted by atomic mass is 19.1. The molecule has 18 heavy (non-hydrogen) atoms. The number of halogens is 1. The van der Waals surface area contributed by atoms with Gasteiger partial charge in [0.2, 0.25) is 5.95 Å². The first-order valence-electron chi connectivity index (χ1n) is 5.65. The van der Waals surface area contributed by atoms with Crippen LogP contribution in [0.2, 0.25) is 0 Å². The number of nitrogens with one attached hydrogen (secondary N) is 2. The zero-order valence-corrected chi connectivity index (χ0v) is 10.6. The molecule has 0 radical (unpaired) electrons. The Hall–Kier alpha value is -2.17. The van der Waals surface area contributed by atoms with Gasteiger partial charge in [0.25, 0.3) is 0 Å². The van der Waals surface area contributed by atoms with Gasteiger partial charge in [-0.25, -0.2) is 9.37 Å². The highest BCUT2D eigenvalue weighted by Crippen LogP contribution is 2.21. The van der Waals surface area contributed by atoms with Crippen molar-refractivity contribution in [2.45, 2.75) is 13.8 Å². The van der Waals surface area contributed by atoms with Crippen molar-refractivity contribution in [3.05, 3.63) is 41.3 Å². The van der Waals surface area contributed by atoms with Gasteiger partial charge in [-0.1, -0.05) is 6.07 Å². The van der Waals surface area contributed by atoms with Crippen LogP contribution < -0.4 is 10.6 Å². The molecule has 0 aliphatic carbocycles. The van der Waals surface area contributed by atoms with Crippen LogP contribution in [0, 0.1) is 19.7 Å². The zero-order valence-electron chi connectivity index (χ0n) is 10.6. The second kappa shape index (κ2) is 5.00. The lowest BCUT2D eigenvalue weighted by molar-refractivity contribution is 0.628. The maximum atomic E-state index is 13.2. The van der Waals surface area contributed by atoms with Crippen LogP contribution in [0.1, 0.15) is 11.3 Å². The molecule has 0 saturated heterocycles. The molecule has 0 fully saturated rings. The quantitative estimate of drug-likeness (QED) is 0.874. The third-order valence-electron chi connectivity index (χ3n) is 2.54. The monoisotopic (exact) mass is 246 g/mol. The van der Waals surface area contributed by atoms with Crippen LogP contribution in [-0.2, 0) is 0 Å². The molecule has 4 nitrogen and oxygen atoms in total. The van der Waals surface area contributed by atoms with E-state index in [1.54, 1.807) is 13.1 Å². The van der Waals surface area contributed by atoms with Crippen LogP contribution in [0.4, 0.5) is 21.8 Å². The maximum Gasteiger partial charge on any atom is 0.224 e. The molecule has 2 N–H and O–H groups in total. The van der Waals surface area contributed by atoms with E-state index < -0.39 is 0 Å². The summed E-state index contributed by atoms with van der Waals surface area (Å²) in [5, 5.41) is 5.98. The van der Waals surface area contributed by atoms with Crippen molar-refractivity contribution in [1.29, 1.82) is 0 Å². The van der Waals surface area contributed by atoms with Gasteiger partial charge in [0.1, 0.15) is 11.6 Å². The standard InChI is InChI=1S/C13H15FN4/c1-8-4-5-10(14)7-11(8)17-12-6-9(2)16-13(15-3)18-12/h4-7H,1-3H3,(H2,15,16,17,18). The molecule has 0 spiro atoms. The van der Waals surface area contributed by atoms with E-state index in [0.29, 0.717) is 17.5 Å². The molecule has 5 heteroatoms. The summed E-state index contributed by atoms with van der Waals surface area (Å²) >= 11 is 0. The Morgan fingerprint density at radius 2 is 1.89 bits per heavy atom. The first-order chi connectivity index (χ1) is 8.58. The molecule has 1 heterocycles. The van der Waals surface area contributed by atoms with E-state index in [1.807, 2.05) is 19.9 Å². The molecule has 0 aliphatic heterocycles. The zero-order chi connectivity index (χ0) is 13.1. The molecule has 0 saturated carbocycles. The number of aromatic nitrogens is 2. The largest absolute Gasteiger partial charge is 0.357 e. The summed E-state index contributed by atoms with van der Waals surface area (Å²) in [4.78, 5) is 8.46. The maximum absolute atomic E-state index is 13.2. The number of aryl methyl sites for hydroxylation is 2. The van der Waals surface area contributed by atoms with Gasteiger partial charge in [0, 0.05) is 24.5 Å². The second-order valence-electron chi connectivity index (χ2n) is 4.05. The van der Waals surface area contributed by atoms with E-state index in [0.717, 1.165) is 11.3 Å². The molecule has 0 bridgehead atoms. The van der Waals surface area contributed by atoms with Crippen molar-refractivity contribution in [1.82, 2.24) is 9.97 Å². The summed E-state index contributed by atoms with van der Waals surface area (Å²) in [7, 11) is 1.76. The molecule has 0 aliphatic rings. The average Bonchev–Trinajstić information content (AvgIpc) is 2.33. The number of nitrogens with zero attached hydrogens (tertiary/aromatic N) is 2. The smallest absolute Gasteiger partial charge is 0.224 e. The summed E-state index contributed by atoms with van der Waals surface area (Å²) in [6.45, 7) is 3.79. The molecular formula is C13H15FN4. The van der Waals surface area contributed by atoms with E-state index in [9.17, 15) is 4.39 Å². The summed E-state index contributed by atoms with van der Waals surface area (Å²) in [6, 6.07) is 6.42. The number of rotatable bonds is 3. The Morgan fingerprint density at radius 3 is 2.61 bits per heavy atom. The van der Waals surface area contributed by atoms with E-state index in [4.69, 9.17) is 0 Å². The fraction of sp³-hybridized carbons (Fsp3) is 0.231. The van der Waals surface area contributed by atoms with Crippen LogP contribution in [0.5, 0.6) is 0 Å². The minimum atomic E-state index is -0.275. The van der Waals surface area contributed by atoms with E-state index >= 15 is 0 Å². The molecule has 2 aromatic rings. The van der Waals surface area contributed by atoms with Gasteiger partial charge in [-0.2, -0.15) is 4.98 Å². The molecule has 0 unspecified atom stereocenters. The van der Waals surface area contributed by atoms with Gasteiger partial charge in [0.05, 0.1) is 0 Å². The molecule has 0 atom stereocenters. The third kappa shape index (κ3) is 2.74. The van der Waals surface area contributed by atoms with Crippen LogP contribution in [0.3, 0.4) is 0 Å². The third-order valence-corrected chi connectivity index (χ3v) is 2.54. The van der Waals surface area contributed by atoms with E-state index in [2.05, 4.69) is 20.6 Å². The Bertz CT molecular complexity index is 569. The van der Waals surface area contributed by atoms with Crippen molar-refractivity contribution < 1.29 is 4.39 Å². The van der Waals surface area contributed by atoms with Gasteiger partial charge in [-0.05, 0) is 31.5 Å². The van der Waals surface area contributed by atoms with Crippen molar-refractivity contribution >= 4 is 17.5 Å². The Balaban J connectivity index is 2.33. The van der Waals surface area contributed by atoms with Crippen LogP contribution in [0.15, 0.2) is 24.3 Å². The van der Waals surface area contributed by atoms with E-state index in [-0.39, 0.29) is 5.82 Å². The number of anilines is 3. The molecule has 1 aromatic carbocycles. The second-order valence-corrected chi connectivity index (χ2v) is 4.05. The Kier molecular flexibility index (Phi) is 3.41. The lowest BCUT2D eigenvalue weighted by Gasteiger charge is -2.10. The summed E-state index contributed by atoms with van der Waals surface area (Å²) in [5.41, 5.74) is 2.50. The number of hydrogen-bond donors (Lipinski definition) is 2. The van der Waals surface area contributed by atoms with Crippen molar-refractivity contribution in [3.63, 3.8) is 0 Å². The van der Waals surface area contributed by atoms with Crippen LogP contribution in [-0.4, -0.2) is 17.0 Å². The van der Waals surface area contributed by atoms with Crippen molar-refractivity contribution in [3.8, 4) is 0 Å². The van der Waals surface area contributed by atoms with Gasteiger partial charge in [-0.3, -0.25) is 0 Å². The lowest BCUT2D eigenvalue weighted by Crippen LogP contribution is -2.02. The lowest BCUT2D eigenvalue weighted by atomic mass is 10.2. The predicted octanol–water partition coefficient (Wildman–Crippen LogP) is 3.02. The van der Waals surface area contributed by atoms with Crippen molar-refractivity contribution in [2.75, 3.05) is 17.7 Å². The molecular weight excluding hydrogens is 231 g/mol. The molecule has 0 amide bonds. The topological polar surface area (TPSA) is 49.8 Å². The minimum Gasteiger partial charge on any atom is -0.357 e. The fourth-order valence-electron chi connectivity index (χ4n) is 1.61. The first kappa shape index (κ1) is 12.3. The van der Waals surface area contributed by atoms with Gasteiger partial charge in [0.15, 0.2) is 0 Å². The predicted molar refractivity (Wildman–Crippen MR) is 70.7 cm³/mol. The average molecular weight is 246 g/mol. The summed E-state index contributed by atoms with van der Waals surface area (Å²) in [6.07, 6.45) is 0. The number of hydrogen-bond acceptors (Lipinski definition) is 4. The van der Waals surface area contributed by atoms with Crippen LogP contribution >= 0.6 is 0 Å². The van der Waals surface area contributed by atoms with Gasteiger partial charge < -0.3 is 10.6 Å². The SMILES string of the molecule is CNc1nc(C)cc(Nc2cc(F)ccc2C)n1. The van der Waals surface area contributed by atoms with Gasteiger partial charge in [-0.15, -0.1) is 0 Å². The highest BCUT2D eigenvalue weighted by Gasteiger charge is 2.04. The van der Waals surface area contributed by atoms with E-state index in [1.165, 1.54) is 12.1 Å². The molecule has 94 valence electrons. The molecule has 1 aromatic heterocycles. The Morgan fingerprint density at radius 1 is 1.11 bits per heavy atom.